The van der Waals surface area contributed by atoms with Gasteiger partial charge in [0.1, 0.15) is 17.4 Å². The maximum Gasteiger partial charge on any atom is 0.309 e. The van der Waals surface area contributed by atoms with Crippen LogP contribution in [0.15, 0.2) is 59.1 Å². The Kier molecular flexibility index (Phi) is 9.15. The van der Waals surface area contributed by atoms with E-state index in [4.69, 9.17) is 4.98 Å². The zero-order valence-electron chi connectivity index (χ0n) is 26.3. The molecule has 1 aromatic heterocycles. The van der Waals surface area contributed by atoms with E-state index in [0.29, 0.717) is 61.3 Å². The normalized spacial score (nSPS) is 20.7. The van der Waals surface area contributed by atoms with Gasteiger partial charge in [-0.3, -0.25) is 14.4 Å². The fraction of sp³-hybridized carbons (Fsp3) is 0.471. The average Bonchev–Trinajstić information content (AvgIpc) is 3.71. The number of halogens is 1. The summed E-state index contributed by atoms with van der Waals surface area (Å²) in [6.07, 6.45) is 2.83. The van der Waals surface area contributed by atoms with Gasteiger partial charge in [0.2, 0.25) is 0 Å². The highest BCUT2D eigenvalue weighted by molar-refractivity contribution is 8.01. The smallest absolute Gasteiger partial charge is 0.309 e. The van der Waals surface area contributed by atoms with E-state index in [0.717, 1.165) is 29.2 Å². The summed E-state index contributed by atoms with van der Waals surface area (Å²) in [5.41, 5.74) is 1.71. The number of nitrogens with zero attached hydrogens (tertiary/aromatic N) is 5. The number of benzene rings is 2. The number of hydrogen-bond donors (Lipinski definition) is 0. The van der Waals surface area contributed by atoms with Gasteiger partial charge in [0, 0.05) is 54.0 Å². The molecule has 3 fully saturated rings. The van der Waals surface area contributed by atoms with Crippen LogP contribution in [0.1, 0.15) is 76.9 Å². The van der Waals surface area contributed by atoms with Gasteiger partial charge in [-0.1, -0.05) is 42.5 Å². The summed E-state index contributed by atoms with van der Waals surface area (Å²) < 4.78 is 14.4. The monoisotopic (exact) mass is 663 g/mol. The number of carbonyl (C=O) groups is 3. The van der Waals surface area contributed by atoms with Crippen molar-refractivity contribution >= 4 is 40.8 Å². The summed E-state index contributed by atoms with van der Waals surface area (Å²) in [7, 11) is 2.03. The molecule has 3 aromatic rings. The molecule has 0 aliphatic carbocycles. The highest BCUT2D eigenvalue weighted by atomic mass is 32.2. The first-order valence-corrected chi connectivity index (χ1v) is 17.5. The van der Waals surface area contributed by atoms with Gasteiger partial charge in [0.15, 0.2) is 0 Å². The fourth-order valence-electron chi connectivity index (χ4n) is 6.75. The third kappa shape index (κ3) is 6.26. The summed E-state index contributed by atoms with van der Waals surface area (Å²) in [4.78, 5) is 61.2. The number of carbonyl (C=O) groups excluding carboxylic acids is 3. The third-order valence-corrected chi connectivity index (χ3v) is 12.2. The lowest BCUT2D eigenvalue weighted by atomic mass is 9.93. The van der Waals surface area contributed by atoms with Gasteiger partial charge in [-0.2, -0.15) is 0 Å². The maximum absolute atomic E-state index is 14.4. The van der Waals surface area contributed by atoms with Gasteiger partial charge in [0.05, 0.1) is 9.88 Å². The second kappa shape index (κ2) is 13.0. The van der Waals surface area contributed by atoms with Crippen molar-refractivity contribution in [2.24, 2.45) is 5.18 Å². The van der Waals surface area contributed by atoms with Crippen LogP contribution >= 0.6 is 23.1 Å². The van der Waals surface area contributed by atoms with Crippen LogP contribution in [-0.4, -0.2) is 87.3 Å². The minimum absolute atomic E-state index is 0.0478. The van der Waals surface area contributed by atoms with Crippen molar-refractivity contribution in [3.05, 3.63) is 80.6 Å². The number of likely N-dealkylation sites (tertiary alicyclic amines) is 2. The summed E-state index contributed by atoms with van der Waals surface area (Å²) in [6, 6.07) is 13.9. The number of nitroso groups, excluding NO2 is 1. The van der Waals surface area contributed by atoms with Gasteiger partial charge in [0.25, 0.3) is 11.8 Å². The van der Waals surface area contributed by atoms with Crippen molar-refractivity contribution in [3.8, 4) is 11.1 Å². The van der Waals surface area contributed by atoms with Gasteiger partial charge < -0.3 is 14.7 Å². The van der Waals surface area contributed by atoms with E-state index in [9.17, 15) is 23.7 Å². The van der Waals surface area contributed by atoms with E-state index in [2.05, 4.69) is 10.1 Å². The Morgan fingerprint density at radius 2 is 1.65 bits per heavy atom. The predicted molar refractivity (Wildman–Crippen MR) is 179 cm³/mol. The molecule has 0 N–H and O–H groups in total. The maximum atomic E-state index is 14.4. The zero-order chi connectivity index (χ0) is 32.6. The molecule has 46 heavy (non-hydrogen) atoms. The molecule has 3 amide bonds. The molecule has 1 spiro atoms. The molecule has 2 aromatic carbocycles. The molecule has 0 bridgehead atoms. The van der Waals surface area contributed by atoms with E-state index < -0.39 is 22.5 Å². The Labute approximate surface area is 276 Å². The van der Waals surface area contributed by atoms with Crippen LogP contribution in [0.25, 0.3) is 11.1 Å². The van der Waals surface area contributed by atoms with Crippen LogP contribution < -0.4 is 0 Å². The SMILES string of the molecule is CN1CCC2(CC1)SCC(C(=O)N=O)N2C(=O)c1csc(C2CCN(C(=O)c3ccccc3-c3ccc(C(C)(C)F)cc3)CC2)n1. The Bertz CT molecular complexity index is 1620. The van der Waals surface area contributed by atoms with Crippen molar-refractivity contribution < 1.29 is 18.8 Å². The van der Waals surface area contributed by atoms with E-state index in [1.165, 1.54) is 25.2 Å². The molecule has 0 radical (unpaired) electrons. The molecule has 0 saturated carbocycles. The molecule has 3 saturated heterocycles. The lowest BCUT2D eigenvalue weighted by Crippen LogP contribution is -2.56. The van der Waals surface area contributed by atoms with Crippen molar-refractivity contribution in [1.29, 1.82) is 0 Å². The molecule has 3 aliphatic rings. The highest BCUT2D eigenvalue weighted by Gasteiger charge is 2.53. The summed E-state index contributed by atoms with van der Waals surface area (Å²) >= 11 is 3.00. The number of thiazole rings is 1. The van der Waals surface area contributed by atoms with Crippen LogP contribution in [0.5, 0.6) is 0 Å². The van der Waals surface area contributed by atoms with Crippen molar-refractivity contribution in [2.75, 3.05) is 39.0 Å². The van der Waals surface area contributed by atoms with Gasteiger partial charge in [-0.25, -0.2) is 9.37 Å². The first kappa shape index (κ1) is 32.5. The quantitative estimate of drug-likeness (QED) is 0.285. The van der Waals surface area contributed by atoms with Crippen LogP contribution in [-0.2, 0) is 10.5 Å². The number of hydrogen-bond acceptors (Lipinski definition) is 8. The molecule has 9 nitrogen and oxygen atoms in total. The molecule has 1 unspecified atom stereocenters. The predicted octanol–water partition coefficient (Wildman–Crippen LogP) is 6.31. The molecular weight excluding hydrogens is 626 g/mol. The first-order valence-electron chi connectivity index (χ1n) is 15.7. The summed E-state index contributed by atoms with van der Waals surface area (Å²) in [6.45, 7) is 5.74. The van der Waals surface area contributed by atoms with Crippen LogP contribution in [0, 0.1) is 4.91 Å². The Morgan fingerprint density at radius 3 is 2.30 bits per heavy atom. The highest BCUT2D eigenvalue weighted by Crippen LogP contribution is 2.47. The standard InChI is InChI=1S/C34H38FN5O4S2/c1-33(2,35)24-10-8-22(9-11-24)25-6-4-5-7-26(25)31(42)39-16-12-23(13-17-39)30-36-27(20-45-30)32(43)40-28(29(41)37-44)21-46-34(40)14-18-38(3)19-15-34/h4-11,20,23,28H,12-19,21H2,1-3H3. The molecular formula is C34H38FN5O4S2. The number of rotatable bonds is 6. The average molecular weight is 664 g/mol. The van der Waals surface area contributed by atoms with Crippen LogP contribution in [0.4, 0.5) is 4.39 Å². The molecule has 242 valence electrons. The lowest BCUT2D eigenvalue weighted by molar-refractivity contribution is -0.122. The van der Waals surface area contributed by atoms with Gasteiger partial charge in [-0.05, 0) is 69.3 Å². The minimum Gasteiger partial charge on any atom is -0.339 e. The second-order valence-electron chi connectivity index (χ2n) is 12.9. The van der Waals surface area contributed by atoms with E-state index in [1.807, 2.05) is 48.3 Å². The van der Waals surface area contributed by atoms with Crippen LogP contribution in [0.2, 0.25) is 0 Å². The largest absolute Gasteiger partial charge is 0.339 e. The second-order valence-corrected chi connectivity index (χ2v) is 15.2. The Morgan fingerprint density at radius 1 is 0.978 bits per heavy atom. The molecule has 4 heterocycles. The number of alkyl halides is 1. The minimum atomic E-state index is -1.44. The molecule has 12 heteroatoms. The number of aromatic nitrogens is 1. The Balaban J connectivity index is 1.14. The number of piperidine rings is 2. The van der Waals surface area contributed by atoms with Crippen LogP contribution in [0.3, 0.4) is 0 Å². The summed E-state index contributed by atoms with van der Waals surface area (Å²) in [5, 5.41) is 5.27. The molecule has 6 rings (SSSR count). The number of thioether (sulfide) groups is 1. The van der Waals surface area contributed by atoms with Crippen molar-refractivity contribution in [1.82, 2.24) is 19.7 Å². The van der Waals surface area contributed by atoms with Crippen molar-refractivity contribution in [2.45, 2.75) is 62.0 Å². The summed E-state index contributed by atoms with van der Waals surface area (Å²) in [5.74, 6) is -0.735. The zero-order valence-corrected chi connectivity index (χ0v) is 27.9. The van der Waals surface area contributed by atoms with Gasteiger partial charge in [-0.15, -0.1) is 28.0 Å². The van der Waals surface area contributed by atoms with Crippen molar-refractivity contribution in [3.63, 3.8) is 0 Å². The van der Waals surface area contributed by atoms with Gasteiger partial charge >= 0.3 is 5.91 Å². The fourth-order valence-corrected chi connectivity index (χ4v) is 9.29. The molecule has 1 atom stereocenters. The van der Waals surface area contributed by atoms with E-state index in [-0.39, 0.29) is 17.7 Å². The topological polar surface area (TPSA) is 103 Å². The number of amides is 3. The van der Waals surface area contributed by atoms with E-state index in [1.54, 1.807) is 34.2 Å². The van der Waals surface area contributed by atoms with E-state index >= 15 is 0 Å². The Hall–Kier alpha value is -3.48. The third-order valence-electron chi connectivity index (χ3n) is 9.54. The molecule has 3 aliphatic heterocycles. The first-order chi connectivity index (χ1) is 22.0. The lowest BCUT2D eigenvalue weighted by Gasteiger charge is -2.44.